The van der Waals surface area contributed by atoms with Crippen LogP contribution in [0.5, 0.6) is 5.75 Å². The van der Waals surface area contributed by atoms with Crippen molar-refractivity contribution in [3.8, 4) is 17.0 Å². The Morgan fingerprint density at radius 1 is 1.27 bits per heavy atom. The summed E-state index contributed by atoms with van der Waals surface area (Å²) in [5, 5.41) is 12.3. The van der Waals surface area contributed by atoms with Crippen LogP contribution in [0.3, 0.4) is 0 Å². The second kappa shape index (κ2) is 9.41. The van der Waals surface area contributed by atoms with Gasteiger partial charge >= 0.3 is 0 Å². The average Bonchev–Trinajstić information content (AvgIpc) is 3.55. The molecule has 5 rings (SSSR count). The molecule has 2 aromatic heterocycles. The van der Waals surface area contributed by atoms with Crippen molar-refractivity contribution in [2.45, 2.75) is 46.6 Å². The van der Waals surface area contributed by atoms with Crippen molar-refractivity contribution in [2.24, 2.45) is 11.3 Å². The number of likely N-dealkylation sites (tertiary alicyclic amines) is 1. The van der Waals surface area contributed by atoms with Crippen LogP contribution in [0.25, 0.3) is 22.3 Å². The Bertz CT molecular complexity index is 1380. The quantitative estimate of drug-likeness (QED) is 0.450. The zero-order valence-corrected chi connectivity index (χ0v) is 21.5. The largest absolute Gasteiger partial charge is 0.492 e. The molecule has 3 aromatic rings. The van der Waals surface area contributed by atoms with E-state index in [0.717, 1.165) is 12.8 Å². The first-order valence-electron chi connectivity index (χ1n) is 12.6. The molecular weight excluding hydrogens is 477 g/mol. The van der Waals surface area contributed by atoms with Crippen LogP contribution in [-0.2, 0) is 4.79 Å². The van der Waals surface area contributed by atoms with Crippen LogP contribution in [0.15, 0.2) is 18.5 Å². The van der Waals surface area contributed by atoms with Crippen molar-refractivity contribution < 1.29 is 23.8 Å². The summed E-state index contributed by atoms with van der Waals surface area (Å²) in [7, 11) is 0. The van der Waals surface area contributed by atoms with Crippen molar-refractivity contribution >= 4 is 22.8 Å². The number of fused-ring (bicyclic) bond motifs is 1. The van der Waals surface area contributed by atoms with Gasteiger partial charge in [-0.2, -0.15) is 0 Å². The molecule has 1 aliphatic heterocycles. The number of aliphatic hydroxyl groups excluding tert-OH is 1. The summed E-state index contributed by atoms with van der Waals surface area (Å²) in [5.41, 5.74) is 2.40. The molecule has 1 atom stereocenters. The molecule has 2 amide bonds. The van der Waals surface area contributed by atoms with Gasteiger partial charge in [-0.1, -0.05) is 19.9 Å². The van der Waals surface area contributed by atoms with Gasteiger partial charge in [0.15, 0.2) is 0 Å². The number of halogens is 1. The smallest absolute Gasteiger partial charge is 0.255 e. The number of benzene rings is 1. The minimum atomic E-state index is -0.570. The fraction of sp³-hybridized carbons (Fsp3) is 0.481. The number of aromatic amines is 1. The number of aryl methyl sites for hydroxylation is 2. The molecule has 1 aliphatic carbocycles. The Kier molecular flexibility index (Phi) is 6.39. The van der Waals surface area contributed by atoms with E-state index in [1.165, 1.54) is 6.33 Å². The van der Waals surface area contributed by atoms with E-state index < -0.39 is 12.4 Å². The van der Waals surface area contributed by atoms with E-state index in [9.17, 15) is 14.7 Å². The maximum atomic E-state index is 15.5. The number of H-pyrrole nitrogens is 1. The van der Waals surface area contributed by atoms with Crippen LogP contribution < -0.4 is 10.1 Å². The molecule has 1 aromatic carbocycles. The number of hydrogen-bond acceptors (Lipinski definition) is 6. The van der Waals surface area contributed by atoms with Gasteiger partial charge in [0, 0.05) is 24.2 Å². The van der Waals surface area contributed by atoms with Gasteiger partial charge in [0.1, 0.15) is 35.7 Å². The van der Waals surface area contributed by atoms with E-state index in [4.69, 9.17) is 4.74 Å². The Balaban J connectivity index is 1.50. The summed E-state index contributed by atoms with van der Waals surface area (Å²) in [5.74, 6) is -0.235. The maximum Gasteiger partial charge on any atom is 0.255 e. The standard InChI is InChI=1S/C27H32FN5O4/c1-14-5-8-17(37-11-16-6-7-16)21(22(14)28)24-25-23(29-13-30-24)20(15(2)31-25)26(36)32-18-9-33(19(35)10-34)12-27(18,3)4/h5,8,13,16,18,31,34H,6-7,9-12H2,1-4H3,(H,32,36)/t18-/m1/s1. The molecule has 0 unspecified atom stereocenters. The summed E-state index contributed by atoms with van der Waals surface area (Å²) in [6, 6.07) is 3.12. The molecule has 2 fully saturated rings. The van der Waals surface area contributed by atoms with Gasteiger partial charge in [-0.05, 0) is 44.2 Å². The highest BCUT2D eigenvalue weighted by atomic mass is 19.1. The van der Waals surface area contributed by atoms with Crippen molar-refractivity contribution in [1.29, 1.82) is 0 Å². The second-order valence-corrected chi connectivity index (χ2v) is 10.8. The van der Waals surface area contributed by atoms with Crippen LogP contribution in [0.1, 0.15) is 48.3 Å². The number of amides is 2. The van der Waals surface area contributed by atoms with E-state index in [-0.39, 0.29) is 28.8 Å². The van der Waals surface area contributed by atoms with Crippen molar-refractivity contribution in [2.75, 3.05) is 26.3 Å². The minimum Gasteiger partial charge on any atom is -0.492 e. The average molecular weight is 510 g/mol. The summed E-state index contributed by atoms with van der Waals surface area (Å²) in [4.78, 5) is 39.1. The highest BCUT2D eigenvalue weighted by molar-refractivity contribution is 6.09. The summed E-state index contributed by atoms with van der Waals surface area (Å²) in [6.45, 7) is 8.06. The van der Waals surface area contributed by atoms with E-state index in [0.29, 0.717) is 64.9 Å². The third kappa shape index (κ3) is 4.66. The first-order chi connectivity index (χ1) is 17.6. The zero-order chi connectivity index (χ0) is 26.5. The van der Waals surface area contributed by atoms with Gasteiger partial charge in [0.2, 0.25) is 5.91 Å². The summed E-state index contributed by atoms with van der Waals surface area (Å²) >= 11 is 0. The van der Waals surface area contributed by atoms with Crippen LogP contribution in [0, 0.1) is 31.0 Å². The molecule has 1 saturated heterocycles. The lowest BCUT2D eigenvalue weighted by molar-refractivity contribution is -0.133. The summed E-state index contributed by atoms with van der Waals surface area (Å²) < 4.78 is 21.5. The van der Waals surface area contributed by atoms with E-state index in [2.05, 4.69) is 20.3 Å². The van der Waals surface area contributed by atoms with Crippen molar-refractivity contribution in [3.05, 3.63) is 41.1 Å². The third-order valence-corrected chi connectivity index (χ3v) is 7.44. The molecule has 3 heterocycles. The van der Waals surface area contributed by atoms with Crippen LogP contribution >= 0.6 is 0 Å². The van der Waals surface area contributed by atoms with Crippen molar-refractivity contribution in [1.82, 2.24) is 25.2 Å². The molecule has 0 radical (unpaired) electrons. The number of carbonyl (C=O) groups is 2. The third-order valence-electron chi connectivity index (χ3n) is 7.44. The van der Waals surface area contributed by atoms with Gasteiger partial charge in [-0.3, -0.25) is 9.59 Å². The molecule has 0 spiro atoms. The molecule has 2 aliphatic rings. The fourth-order valence-corrected chi connectivity index (χ4v) is 4.98. The minimum absolute atomic E-state index is 0.247. The lowest BCUT2D eigenvalue weighted by Crippen LogP contribution is -2.44. The lowest BCUT2D eigenvalue weighted by atomic mass is 9.87. The molecular formula is C27H32FN5O4. The first kappa shape index (κ1) is 25.1. The molecule has 1 saturated carbocycles. The highest BCUT2D eigenvalue weighted by Crippen LogP contribution is 2.39. The molecule has 9 nitrogen and oxygen atoms in total. The monoisotopic (exact) mass is 509 g/mol. The van der Waals surface area contributed by atoms with Crippen molar-refractivity contribution in [3.63, 3.8) is 0 Å². The normalized spacial score (nSPS) is 18.9. The number of aromatic nitrogens is 3. The van der Waals surface area contributed by atoms with Gasteiger partial charge in [0.05, 0.1) is 29.3 Å². The molecule has 37 heavy (non-hydrogen) atoms. The predicted octanol–water partition coefficient (Wildman–Crippen LogP) is 3.13. The second-order valence-electron chi connectivity index (χ2n) is 10.8. The fourth-order valence-electron chi connectivity index (χ4n) is 4.98. The highest BCUT2D eigenvalue weighted by Gasteiger charge is 2.42. The molecule has 3 N–H and O–H groups in total. The maximum absolute atomic E-state index is 15.5. The number of ether oxygens (including phenoxy) is 1. The zero-order valence-electron chi connectivity index (χ0n) is 21.5. The van der Waals surface area contributed by atoms with Crippen LogP contribution in [-0.4, -0.2) is 69.1 Å². The number of carbonyl (C=O) groups excluding carboxylic acids is 2. The predicted molar refractivity (Wildman–Crippen MR) is 136 cm³/mol. The molecule has 10 heteroatoms. The first-order valence-corrected chi connectivity index (χ1v) is 12.6. The van der Waals surface area contributed by atoms with E-state index in [1.54, 1.807) is 30.9 Å². The molecule has 0 bridgehead atoms. The number of hydrogen-bond donors (Lipinski definition) is 3. The number of nitrogens with zero attached hydrogens (tertiary/aromatic N) is 3. The topological polar surface area (TPSA) is 120 Å². The Hall–Kier alpha value is -3.53. The summed E-state index contributed by atoms with van der Waals surface area (Å²) in [6.07, 6.45) is 3.55. The van der Waals surface area contributed by atoms with E-state index in [1.807, 2.05) is 13.8 Å². The molecule has 196 valence electrons. The number of aliphatic hydroxyl groups is 1. The van der Waals surface area contributed by atoms with Crippen LogP contribution in [0.4, 0.5) is 4.39 Å². The number of nitrogens with one attached hydrogen (secondary N) is 2. The van der Waals surface area contributed by atoms with Crippen LogP contribution in [0.2, 0.25) is 0 Å². The van der Waals surface area contributed by atoms with E-state index >= 15 is 4.39 Å². The number of rotatable bonds is 7. The Morgan fingerprint density at radius 2 is 2.03 bits per heavy atom. The van der Waals surface area contributed by atoms with Gasteiger partial charge in [-0.25, -0.2) is 14.4 Å². The Labute approximate surface area is 214 Å². The SMILES string of the molecule is Cc1ccc(OCC2CC2)c(-c2ncnc3c(C(=O)N[C@@H]4CN(C(=O)CO)CC4(C)C)c(C)[nH]c23)c1F. The van der Waals surface area contributed by atoms with Gasteiger partial charge < -0.3 is 25.0 Å². The lowest BCUT2D eigenvalue weighted by Gasteiger charge is -2.26. The van der Waals surface area contributed by atoms with Gasteiger partial charge in [0.25, 0.3) is 5.91 Å². The van der Waals surface area contributed by atoms with Gasteiger partial charge in [-0.15, -0.1) is 0 Å². The Morgan fingerprint density at radius 3 is 2.73 bits per heavy atom.